The zero-order valence-electron chi connectivity index (χ0n) is 8.06. The molecule has 0 aliphatic carbocycles. The summed E-state index contributed by atoms with van der Waals surface area (Å²) in [4.78, 5) is 0. The Bertz CT molecular complexity index is 205. The minimum atomic E-state index is -4.32. The van der Waals surface area contributed by atoms with Gasteiger partial charge in [-0.15, -0.1) is 0 Å². The lowest BCUT2D eigenvalue weighted by Crippen LogP contribution is -2.34. The van der Waals surface area contributed by atoms with Gasteiger partial charge in [0, 0.05) is 35.4 Å². The number of alkyl halides is 8. The van der Waals surface area contributed by atoms with Gasteiger partial charge in [-0.25, -0.2) is 0 Å². The summed E-state index contributed by atoms with van der Waals surface area (Å²) >= 11 is 0.330. The predicted octanol–water partition coefficient (Wildman–Crippen LogP) is 5.16. The van der Waals surface area contributed by atoms with E-state index in [0.717, 1.165) is 0 Å². The quantitative estimate of drug-likeness (QED) is 0.264. The average Bonchev–Trinajstić information content (AvgIpc) is 1.98. The molecular formula is C8H10F7I. The monoisotopic (exact) mass is 366 g/mol. The van der Waals surface area contributed by atoms with E-state index in [1.165, 1.54) is 0 Å². The molecule has 0 spiro atoms. The van der Waals surface area contributed by atoms with E-state index in [4.69, 9.17) is 0 Å². The SMILES string of the molecule is FC(F)(F)CCCCCC(F)(F)C(F)(F)I. The highest BCUT2D eigenvalue weighted by Gasteiger charge is 2.53. The highest BCUT2D eigenvalue weighted by Crippen LogP contribution is 2.43. The van der Waals surface area contributed by atoms with Crippen LogP contribution in [0.2, 0.25) is 0 Å². The van der Waals surface area contributed by atoms with Crippen molar-refractivity contribution in [1.82, 2.24) is 0 Å². The van der Waals surface area contributed by atoms with E-state index in [9.17, 15) is 30.7 Å². The lowest BCUT2D eigenvalue weighted by molar-refractivity contribution is -0.146. The molecule has 0 aromatic carbocycles. The van der Waals surface area contributed by atoms with Gasteiger partial charge in [0.15, 0.2) is 0 Å². The lowest BCUT2D eigenvalue weighted by atomic mass is 10.1. The Kier molecular flexibility index (Phi) is 5.81. The van der Waals surface area contributed by atoms with Crippen LogP contribution in [0.5, 0.6) is 0 Å². The fourth-order valence-corrected chi connectivity index (χ4v) is 1.26. The molecule has 0 radical (unpaired) electrons. The van der Waals surface area contributed by atoms with Gasteiger partial charge < -0.3 is 0 Å². The summed E-state index contributed by atoms with van der Waals surface area (Å²) in [6.07, 6.45) is -7.29. The minimum Gasteiger partial charge on any atom is -0.199 e. The molecule has 0 unspecified atom stereocenters. The maximum atomic E-state index is 12.6. The molecule has 0 heterocycles. The fraction of sp³-hybridized carbons (Fsp3) is 1.00. The number of hydrogen-bond donors (Lipinski definition) is 0. The van der Waals surface area contributed by atoms with E-state index in [0.29, 0.717) is 22.6 Å². The second-order valence-electron chi connectivity index (χ2n) is 3.38. The molecule has 0 aliphatic rings. The zero-order valence-corrected chi connectivity index (χ0v) is 10.2. The van der Waals surface area contributed by atoms with Crippen molar-refractivity contribution in [2.45, 2.75) is 48.1 Å². The van der Waals surface area contributed by atoms with Crippen molar-refractivity contribution >= 4 is 22.6 Å². The Labute approximate surface area is 102 Å². The van der Waals surface area contributed by atoms with Gasteiger partial charge >= 0.3 is 16.0 Å². The fourth-order valence-electron chi connectivity index (χ4n) is 0.991. The summed E-state index contributed by atoms with van der Waals surface area (Å²) in [5.41, 5.74) is 0. The van der Waals surface area contributed by atoms with E-state index in [2.05, 4.69) is 0 Å². The van der Waals surface area contributed by atoms with E-state index < -0.39 is 28.9 Å². The van der Waals surface area contributed by atoms with Gasteiger partial charge in [-0.05, 0) is 12.8 Å². The largest absolute Gasteiger partial charge is 0.389 e. The molecule has 0 aromatic rings. The van der Waals surface area contributed by atoms with E-state index in [1.54, 1.807) is 0 Å². The summed E-state index contributed by atoms with van der Waals surface area (Å²) in [5, 5.41) is 0. The van der Waals surface area contributed by atoms with E-state index in [1.807, 2.05) is 0 Å². The lowest BCUT2D eigenvalue weighted by Gasteiger charge is -2.21. The first-order chi connectivity index (χ1) is 6.96. The molecule has 98 valence electrons. The number of rotatable bonds is 6. The van der Waals surface area contributed by atoms with Crippen molar-refractivity contribution < 1.29 is 30.7 Å². The summed E-state index contributed by atoms with van der Waals surface area (Å²) in [6, 6.07) is 0. The van der Waals surface area contributed by atoms with E-state index >= 15 is 0 Å². The molecule has 0 aliphatic heterocycles. The van der Waals surface area contributed by atoms with Gasteiger partial charge in [0.25, 0.3) is 0 Å². The van der Waals surface area contributed by atoms with Crippen LogP contribution in [-0.2, 0) is 0 Å². The first-order valence-corrected chi connectivity index (χ1v) is 5.55. The summed E-state index contributed by atoms with van der Waals surface area (Å²) in [6.45, 7) is 0. The van der Waals surface area contributed by atoms with Crippen molar-refractivity contribution in [2.75, 3.05) is 0 Å². The molecular weight excluding hydrogens is 356 g/mol. The highest BCUT2D eigenvalue weighted by molar-refractivity contribution is 14.1. The molecule has 8 heteroatoms. The summed E-state index contributed by atoms with van der Waals surface area (Å²) < 4.78 is 80.5. The highest BCUT2D eigenvalue weighted by atomic mass is 127. The first-order valence-electron chi connectivity index (χ1n) is 4.47. The van der Waals surface area contributed by atoms with Gasteiger partial charge in [-0.3, -0.25) is 0 Å². The van der Waals surface area contributed by atoms with Gasteiger partial charge in [-0.2, -0.15) is 30.7 Å². The number of unbranched alkanes of at least 4 members (excludes halogenated alkanes) is 2. The van der Waals surface area contributed by atoms with Crippen molar-refractivity contribution in [1.29, 1.82) is 0 Å². The smallest absolute Gasteiger partial charge is 0.199 e. The van der Waals surface area contributed by atoms with Crippen molar-refractivity contribution in [3.63, 3.8) is 0 Å². The van der Waals surface area contributed by atoms with Crippen LogP contribution in [0.25, 0.3) is 0 Å². The molecule has 0 fully saturated rings. The van der Waals surface area contributed by atoms with Crippen LogP contribution >= 0.6 is 22.6 Å². The van der Waals surface area contributed by atoms with Crippen LogP contribution < -0.4 is 0 Å². The van der Waals surface area contributed by atoms with Crippen LogP contribution in [0.15, 0.2) is 0 Å². The third-order valence-corrected chi connectivity index (χ3v) is 2.65. The normalized spacial score (nSPS) is 14.2. The van der Waals surface area contributed by atoms with Gasteiger partial charge in [-0.1, -0.05) is 6.42 Å². The molecule has 0 nitrogen and oxygen atoms in total. The van der Waals surface area contributed by atoms with Crippen molar-refractivity contribution in [3.8, 4) is 0 Å². The molecule has 16 heavy (non-hydrogen) atoms. The third-order valence-electron chi connectivity index (χ3n) is 1.87. The molecule has 0 saturated heterocycles. The van der Waals surface area contributed by atoms with Crippen molar-refractivity contribution in [2.24, 2.45) is 0 Å². The van der Waals surface area contributed by atoms with Gasteiger partial charge in [0.05, 0.1) is 0 Å². The molecule has 0 rings (SSSR count). The summed E-state index contributed by atoms with van der Waals surface area (Å²) in [7, 11) is 0. The topological polar surface area (TPSA) is 0 Å². The maximum Gasteiger partial charge on any atom is 0.389 e. The van der Waals surface area contributed by atoms with Crippen LogP contribution in [0.4, 0.5) is 30.7 Å². The molecule has 0 bridgehead atoms. The third kappa shape index (κ3) is 6.74. The average molecular weight is 366 g/mol. The second kappa shape index (κ2) is 5.72. The van der Waals surface area contributed by atoms with Crippen LogP contribution in [-0.4, -0.2) is 16.0 Å². The maximum absolute atomic E-state index is 12.6. The van der Waals surface area contributed by atoms with Crippen LogP contribution in [0.3, 0.4) is 0 Å². The molecule has 0 aromatic heterocycles. The second-order valence-corrected chi connectivity index (χ2v) is 4.73. The molecule has 0 N–H and O–H groups in total. The number of halogens is 8. The van der Waals surface area contributed by atoms with Crippen molar-refractivity contribution in [3.05, 3.63) is 0 Å². The minimum absolute atomic E-state index is 0.137. The van der Waals surface area contributed by atoms with Crippen LogP contribution in [0.1, 0.15) is 32.1 Å². The zero-order chi connectivity index (χ0) is 13.0. The number of hydrogen-bond acceptors (Lipinski definition) is 0. The summed E-state index contributed by atoms with van der Waals surface area (Å²) in [5.74, 6) is -4.16. The van der Waals surface area contributed by atoms with Gasteiger partial charge in [0.1, 0.15) is 0 Å². The predicted molar refractivity (Wildman–Crippen MR) is 53.1 cm³/mol. The van der Waals surface area contributed by atoms with Crippen LogP contribution in [0, 0.1) is 0 Å². The molecule has 0 amide bonds. The Morgan fingerprint density at radius 1 is 0.688 bits per heavy atom. The molecule has 0 atom stereocenters. The van der Waals surface area contributed by atoms with E-state index in [-0.39, 0.29) is 19.3 Å². The Hall–Kier alpha value is 0.240. The Balaban J connectivity index is 3.75. The standard InChI is InChI=1S/C8H10F7I/c9-6(10,8(14,15)16)4-2-1-3-5-7(11,12)13/h1-5H2. The Morgan fingerprint density at radius 3 is 1.50 bits per heavy atom. The molecule has 0 saturated carbocycles. The van der Waals surface area contributed by atoms with Gasteiger partial charge in [0.2, 0.25) is 0 Å². The first kappa shape index (κ1) is 16.2. The Morgan fingerprint density at radius 2 is 1.12 bits per heavy atom.